The number of halogens is 5. The maximum Gasteiger partial charge on any atom is 0.200 e. The third kappa shape index (κ3) is 4.39. The molecule has 1 nitrogen and oxygen atoms in total. The molecular formula is C23H11F5O. The number of hydrogen-bond donors (Lipinski definition) is 0. The second-order valence-corrected chi connectivity index (χ2v) is 5.75. The zero-order valence-electron chi connectivity index (χ0n) is 14.9. The predicted molar refractivity (Wildman–Crippen MR) is 97.6 cm³/mol. The van der Waals surface area contributed by atoms with Crippen LogP contribution in [0.5, 0.6) is 5.75 Å². The first kappa shape index (κ1) is 20.0. The molecule has 0 aliphatic heterocycles. The van der Waals surface area contributed by atoms with Gasteiger partial charge in [-0.25, -0.2) is 22.0 Å². The minimum absolute atomic E-state index is 0.323. The van der Waals surface area contributed by atoms with Crippen LogP contribution in [0.4, 0.5) is 22.0 Å². The largest absolute Gasteiger partial charge is 0.497 e. The first-order valence-corrected chi connectivity index (χ1v) is 8.20. The molecule has 0 heterocycles. The minimum Gasteiger partial charge on any atom is -0.497 e. The average molecular weight is 398 g/mol. The quantitative estimate of drug-likeness (QED) is 0.237. The topological polar surface area (TPSA) is 9.23 Å². The first-order chi connectivity index (χ1) is 13.9. The standard InChI is InChI=1S/C23H11F5O/c1-29-17-11-8-16(9-12-17)7-4-14-2-5-15(6-3-14)10-13-18-19(24)21(26)23(28)22(27)20(18)25/h2-3,5-6,8-9,11-12H,1H3. The van der Waals surface area contributed by atoms with Gasteiger partial charge in [0.2, 0.25) is 5.82 Å². The summed E-state index contributed by atoms with van der Waals surface area (Å²) in [4.78, 5) is 0. The summed E-state index contributed by atoms with van der Waals surface area (Å²) in [6.45, 7) is 0. The Morgan fingerprint density at radius 3 is 1.28 bits per heavy atom. The third-order valence-corrected chi connectivity index (χ3v) is 3.87. The molecular weight excluding hydrogens is 387 g/mol. The molecule has 0 N–H and O–H groups in total. The molecule has 0 spiro atoms. The predicted octanol–water partition coefficient (Wildman–Crippen LogP) is 5.19. The lowest BCUT2D eigenvalue weighted by atomic mass is 10.1. The molecule has 144 valence electrons. The van der Waals surface area contributed by atoms with E-state index in [1.165, 1.54) is 12.1 Å². The Morgan fingerprint density at radius 1 is 0.517 bits per heavy atom. The summed E-state index contributed by atoms with van der Waals surface area (Å²) in [5.41, 5.74) is 0.581. The summed E-state index contributed by atoms with van der Waals surface area (Å²) in [6, 6.07) is 13.5. The smallest absolute Gasteiger partial charge is 0.200 e. The summed E-state index contributed by atoms with van der Waals surface area (Å²) in [5, 5.41) is 0. The van der Waals surface area contributed by atoms with Crippen molar-refractivity contribution in [3.8, 4) is 29.4 Å². The molecule has 3 aromatic rings. The van der Waals surface area contributed by atoms with Gasteiger partial charge in [-0.15, -0.1) is 0 Å². The average Bonchev–Trinajstić information content (AvgIpc) is 2.76. The second-order valence-electron chi connectivity index (χ2n) is 5.75. The van der Waals surface area contributed by atoms with Crippen molar-refractivity contribution in [1.82, 2.24) is 0 Å². The van der Waals surface area contributed by atoms with Gasteiger partial charge in [-0.05, 0) is 48.5 Å². The fourth-order valence-corrected chi connectivity index (χ4v) is 2.30. The van der Waals surface area contributed by atoms with Crippen LogP contribution in [0.25, 0.3) is 0 Å². The van der Waals surface area contributed by atoms with Crippen LogP contribution in [0.3, 0.4) is 0 Å². The van der Waals surface area contributed by atoms with E-state index < -0.39 is 34.6 Å². The van der Waals surface area contributed by atoms with Crippen LogP contribution in [-0.4, -0.2) is 7.11 Å². The molecule has 0 saturated carbocycles. The van der Waals surface area contributed by atoms with Gasteiger partial charge in [0.25, 0.3) is 0 Å². The van der Waals surface area contributed by atoms with Gasteiger partial charge >= 0.3 is 0 Å². The first-order valence-electron chi connectivity index (χ1n) is 8.20. The third-order valence-electron chi connectivity index (χ3n) is 3.87. The Labute approximate surface area is 163 Å². The Kier molecular flexibility index (Phi) is 5.85. The van der Waals surface area contributed by atoms with Gasteiger partial charge in [-0.3, -0.25) is 0 Å². The van der Waals surface area contributed by atoms with E-state index >= 15 is 0 Å². The van der Waals surface area contributed by atoms with Crippen LogP contribution >= 0.6 is 0 Å². The van der Waals surface area contributed by atoms with Crippen molar-refractivity contribution < 1.29 is 26.7 Å². The van der Waals surface area contributed by atoms with Gasteiger partial charge in [-0.2, -0.15) is 0 Å². The maximum atomic E-state index is 13.6. The van der Waals surface area contributed by atoms with Gasteiger partial charge in [0.1, 0.15) is 11.3 Å². The zero-order chi connectivity index (χ0) is 21.0. The van der Waals surface area contributed by atoms with Crippen LogP contribution in [0.1, 0.15) is 22.3 Å². The summed E-state index contributed by atoms with van der Waals surface area (Å²) in [7, 11) is 1.57. The van der Waals surface area contributed by atoms with E-state index in [4.69, 9.17) is 4.74 Å². The van der Waals surface area contributed by atoms with Crippen molar-refractivity contribution in [1.29, 1.82) is 0 Å². The van der Waals surface area contributed by atoms with E-state index in [2.05, 4.69) is 17.8 Å². The van der Waals surface area contributed by atoms with E-state index in [-0.39, 0.29) is 0 Å². The zero-order valence-corrected chi connectivity index (χ0v) is 14.9. The molecule has 0 saturated heterocycles. The van der Waals surface area contributed by atoms with Gasteiger partial charge < -0.3 is 4.74 Å². The highest BCUT2D eigenvalue weighted by atomic mass is 19.2. The maximum absolute atomic E-state index is 13.6. The molecule has 0 aliphatic carbocycles. The Balaban J connectivity index is 1.82. The van der Waals surface area contributed by atoms with E-state index in [1.54, 1.807) is 43.5 Å². The van der Waals surface area contributed by atoms with Crippen LogP contribution in [-0.2, 0) is 0 Å². The van der Waals surface area contributed by atoms with Crippen LogP contribution in [0.2, 0.25) is 0 Å². The number of hydrogen-bond acceptors (Lipinski definition) is 1. The summed E-state index contributed by atoms with van der Waals surface area (Å²) in [6.07, 6.45) is 0. The highest BCUT2D eigenvalue weighted by Crippen LogP contribution is 2.22. The Bertz CT molecular complexity index is 1150. The van der Waals surface area contributed by atoms with Crippen LogP contribution in [0.15, 0.2) is 48.5 Å². The van der Waals surface area contributed by atoms with Gasteiger partial charge in [0, 0.05) is 16.7 Å². The molecule has 0 amide bonds. The van der Waals surface area contributed by atoms with E-state index in [0.29, 0.717) is 16.9 Å². The Hall–Kier alpha value is -3.77. The van der Waals surface area contributed by atoms with Gasteiger partial charge in [0.05, 0.1) is 7.11 Å². The van der Waals surface area contributed by atoms with Crippen LogP contribution in [0, 0.1) is 52.8 Å². The molecule has 29 heavy (non-hydrogen) atoms. The minimum atomic E-state index is -2.22. The SMILES string of the molecule is COc1ccc(C#Cc2ccc(C#Cc3c(F)c(F)c(F)c(F)c3F)cc2)cc1. The highest BCUT2D eigenvalue weighted by Gasteiger charge is 2.24. The van der Waals surface area contributed by atoms with Crippen molar-refractivity contribution in [3.05, 3.63) is 99.9 Å². The van der Waals surface area contributed by atoms with E-state index in [9.17, 15) is 22.0 Å². The molecule has 3 rings (SSSR count). The summed E-state index contributed by atoms with van der Waals surface area (Å²) < 4.78 is 71.8. The lowest BCUT2D eigenvalue weighted by Gasteiger charge is -2.02. The number of methoxy groups -OCH3 is 1. The van der Waals surface area contributed by atoms with Gasteiger partial charge in [0.15, 0.2) is 23.3 Å². The molecule has 0 aliphatic rings. The number of ether oxygens (including phenoxy) is 1. The fraction of sp³-hybridized carbons (Fsp3) is 0.0435. The second kappa shape index (κ2) is 8.50. The highest BCUT2D eigenvalue weighted by molar-refractivity contribution is 5.49. The van der Waals surface area contributed by atoms with Crippen molar-refractivity contribution in [2.24, 2.45) is 0 Å². The summed E-state index contributed by atoms with van der Waals surface area (Å²) in [5.74, 6) is 0.797. The normalized spacial score (nSPS) is 9.86. The van der Waals surface area contributed by atoms with Crippen molar-refractivity contribution in [2.45, 2.75) is 0 Å². The molecule has 0 fully saturated rings. The summed E-state index contributed by atoms with van der Waals surface area (Å²) >= 11 is 0. The fourth-order valence-electron chi connectivity index (χ4n) is 2.30. The molecule has 0 aromatic heterocycles. The molecule has 3 aromatic carbocycles. The lowest BCUT2D eigenvalue weighted by molar-refractivity contribution is 0.376. The number of benzene rings is 3. The molecule has 0 unspecified atom stereocenters. The van der Waals surface area contributed by atoms with E-state index in [0.717, 1.165) is 5.56 Å². The van der Waals surface area contributed by atoms with Crippen LogP contribution < -0.4 is 4.74 Å². The molecule has 0 bridgehead atoms. The number of rotatable bonds is 1. The van der Waals surface area contributed by atoms with Gasteiger partial charge in [-0.1, -0.05) is 23.7 Å². The van der Waals surface area contributed by atoms with E-state index in [1.807, 2.05) is 5.92 Å². The van der Waals surface area contributed by atoms with Crippen molar-refractivity contribution in [3.63, 3.8) is 0 Å². The molecule has 0 radical (unpaired) electrons. The van der Waals surface area contributed by atoms with Crippen molar-refractivity contribution >= 4 is 0 Å². The van der Waals surface area contributed by atoms with Crippen molar-refractivity contribution in [2.75, 3.05) is 7.11 Å². The Morgan fingerprint density at radius 2 is 0.862 bits per heavy atom. The monoisotopic (exact) mass is 398 g/mol. The molecule has 6 heteroatoms. The molecule has 0 atom stereocenters. The lowest BCUT2D eigenvalue weighted by Crippen LogP contribution is -2.04.